The molecule has 1 aromatic carbocycles. The number of aryl methyl sites for hydroxylation is 1. The molecule has 1 aliphatic heterocycles. The van der Waals surface area contributed by atoms with Crippen molar-refractivity contribution in [2.24, 2.45) is 0 Å². The lowest BCUT2D eigenvalue weighted by Crippen LogP contribution is -2.50. The minimum absolute atomic E-state index is 0.0319. The molecule has 0 radical (unpaired) electrons. The summed E-state index contributed by atoms with van der Waals surface area (Å²) in [6.07, 6.45) is 0. The average molecular weight is 315 g/mol. The third-order valence-electron chi connectivity index (χ3n) is 3.77. The number of hydrogen-bond donors (Lipinski definition) is 0. The quantitative estimate of drug-likeness (QED) is 0.852. The molecule has 0 N–H and O–H groups in total. The monoisotopic (exact) mass is 315 g/mol. The van der Waals surface area contributed by atoms with E-state index in [1.54, 1.807) is 20.7 Å². The molecule has 0 atom stereocenters. The Morgan fingerprint density at radius 2 is 1.77 bits per heavy atom. The minimum atomic E-state index is -0.0519. The largest absolute Gasteiger partial charge is 0.335 e. The number of carbonyl (C=O) groups excluding carboxylic acids is 2. The highest BCUT2D eigenvalue weighted by Crippen LogP contribution is 2.13. The summed E-state index contributed by atoms with van der Waals surface area (Å²) in [6.45, 7) is 4.19. The third-order valence-corrected chi connectivity index (χ3v) is 4.36. The molecule has 1 aliphatic rings. The van der Waals surface area contributed by atoms with Crippen LogP contribution in [-0.4, -0.2) is 52.8 Å². The Balaban J connectivity index is 1.62. The van der Waals surface area contributed by atoms with Gasteiger partial charge < -0.3 is 9.80 Å². The molecular formula is C16H17N3O2S. The van der Waals surface area contributed by atoms with Crippen molar-refractivity contribution in [2.75, 3.05) is 26.2 Å². The number of nitrogens with zero attached hydrogens (tertiary/aromatic N) is 3. The van der Waals surface area contributed by atoms with E-state index in [1.807, 2.05) is 31.2 Å². The Bertz CT molecular complexity index is 676. The zero-order valence-electron chi connectivity index (χ0n) is 12.4. The predicted molar refractivity (Wildman–Crippen MR) is 85.1 cm³/mol. The fourth-order valence-corrected chi connectivity index (χ4v) is 3.08. The van der Waals surface area contributed by atoms with Crippen LogP contribution in [-0.2, 0) is 0 Å². The molecule has 0 aliphatic carbocycles. The second-order valence-corrected chi connectivity index (χ2v) is 6.05. The van der Waals surface area contributed by atoms with Crippen molar-refractivity contribution in [1.82, 2.24) is 14.8 Å². The van der Waals surface area contributed by atoms with Crippen molar-refractivity contribution in [3.05, 3.63) is 52.0 Å². The van der Waals surface area contributed by atoms with Crippen LogP contribution < -0.4 is 0 Å². The Morgan fingerprint density at radius 3 is 2.36 bits per heavy atom. The van der Waals surface area contributed by atoms with Gasteiger partial charge >= 0.3 is 0 Å². The van der Waals surface area contributed by atoms with Crippen molar-refractivity contribution in [1.29, 1.82) is 0 Å². The van der Waals surface area contributed by atoms with Crippen LogP contribution >= 0.6 is 11.3 Å². The molecule has 22 heavy (non-hydrogen) atoms. The van der Waals surface area contributed by atoms with E-state index >= 15 is 0 Å². The molecule has 0 saturated carbocycles. The summed E-state index contributed by atoms with van der Waals surface area (Å²) in [5.41, 5.74) is 3.93. The number of carbonyl (C=O) groups is 2. The zero-order valence-corrected chi connectivity index (χ0v) is 13.2. The van der Waals surface area contributed by atoms with Crippen molar-refractivity contribution >= 4 is 23.2 Å². The van der Waals surface area contributed by atoms with Crippen LogP contribution in [0.4, 0.5) is 0 Å². The summed E-state index contributed by atoms with van der Waals surface area (Å²) in [4.78, 5) is 32.3. The van der Waals surface area contributed by atoms with E-state index in [1.165, 1.54) is 11.3 Å². The molecule has 2 heterocycles. The minimum Gasteiger partial charge on any atom is -0.335 e. The Hall–Kier alpha value is -2.21. The lowest BCUT2D eigenvalue weighted by atomic mass is 10.1. The van der Waals surface area contributed by atoms with Crippen LogP contribution in [0.25, 0.3) is 0 Å². The Kier molecular flexibility index (Phi) is 4.20. The first-order chi connectivity index (χ1) is 10.6. The summed E-state index contributed by atoms with van der Waals surface area (Å²) >= 11 is 1.41. The average Bonchev–Trinajstić information content (AvgIpc) is 3.08. The number of piperazine rings is 1. The number of rotatable bonds is 2. The lowest BCUT2D eigenvalue weighted by molar-refractivity contribution is 0.0532. The maximum Gasteiger partial charge on any atom is 0.273 e. The normalized spacial score (nSPS) is 15.0. The van der Waals surface area contributed by atoms with Gasteiger partial charge in [0.25, 0.3) is 11.8 Å². The maximum absolute atomic E-state index is 12.5. The molecule has 0 unspecified atom stereocenters. The van der Waals surface area contributed by atoms with Crippen molar-refractivity contribution in [3.63, 3.8) is 0 Å². The van der Waals surface area contributed by atoms with Gasteiger partial charge in [0, 0.05) is 37.1 Å². The summed E-state index contributed by atoms with van der Waals surface area (Å²) < 4.78 is 0. The van der Waals surface area contributed by atoms with Crippen LogP contribution in [0.2, 0.25) is 0 Å². The number of benzene rings is 1. The summed E-state index contributed by atoms with van der Waals surface area (Å²) in [6, 6.07) is 7.60. The molecule has 1 fully saturated rings. The molecular weight excluding hydrogens is 298 g/mol. The van der Waals surface area contributed by atoms with Gasteiger partial charge in [-0.05, 0) is 19.1 Å². The van der Waals surface area contributed by atoms with Gasteiger partial charge in [-0.2, -0.15) is 0 Å². The highest BCUT2D eigenvalue weighted by Gasteiger charge is 2.26. The molecule has 0 bridgehead atoms. The molecule has 6 heteroatoms. The highest BCUT2D eigenvalue weighted by molar-refractivity contribution is 7.07. The molecule has 2 amide bonds. The number of aromatic nitrogens is 1. The van der Waals surface area contributed by atoms with Gasteiger partial charge in [-0.15, -0.1) is 11.3 Å². The molecule has 5 nitrogen and oxygen atoms in total. The topological polar surface area (TPSA) is 53.5 Å². The van der Waals surface area contributed by atoms with Crippen LogP contribution in [0.5, 0.6) is 0 Å². The SMILES string of the molecule is Cc1cccc(C(=O)N2CCN(C(=O)c3cscn3)CC2)c1. The van der Waals surface area contributed by atoms with Crippen LogP contribution in [0.1, 0.15) is 26.4 Å². The smallest absolute Gasteiger partial charge is 0.273 e. The fourth-order valence-electron chi connectivity index (χ4n) is 2.55. The van der Waals surface area contributed by atoms with Gasteiger partial charge in [-0.3, -0.25) is 9.59 Å². The first kappa shape index (κ1) is 14.7. The molecule has 1 saturated heterocycles. The van der Waals surface area contributed by atoms with E-state index in [-0.39, 0.29) is 11.8 Å². The zero-order chi connectivity index (χ0) is 15.5. The van der Waals surface area contributed by atoms with Crippen LogP contribution in [0.3, 0.4) is 0 Å². The summed E-state index contributed by atoms with van der Waals surface area (Å²) in [5, 5.41) is 1.76. The van der Waals surface area contributed by atoms with Crippen LogP contribution in [0, 0.1) is 6.92 Å². The van der Waals surface area contributed by atoms with E-state index in [9.17, 15) is 9.59 Å². The molecule has 2 aromatic rings. The number of amides is 2. The van der Waals surface area contributed by atoms with Crippen molar-refractivity contribution in [3.8, 4) is 0 Å². The van der Waals surface area contributed by atoms with Gasteiger partial charge in [0.2, 0.25) is 0 Å². The summed E-state index contributed by atoms with van der Waals surface area (Å²) in [7, 11) is 0. The summed E-state index contributed by atoms with van der Waals surface area (Å²) in [5.74, 6) is -0.0200. The van der Waals surface area contributed by atoms with Gasteiger partial charge in [-0.25, -0.2) is 4.98 Å². The van der Waals surface area contributed by atoms with Crippen molar-refractivity contribution < 1.29 is 9.59 Å². The first-order valence-corrected chi connectivity index (χ1v) is 8.13. The van der Waals surface area contributed by atoms with Crippen LogP contribution in [0.15, 0.2) is 35.2 Å². The standard InChI is InChI=1S/C16H17N3O2S/c1-12-3-2-4-13(9-12)15(20)18-5-7-19(8-6-18)16(21)14-10-22-11-17-14/h2-4,9-11H,5-8H2,1H3. The number of thiazole rings is 1. The molecule has 1 aromatic heterocycles. The number of hydrogen-bond acceptors (Lipinski definition) is 4. The lowest BCUT2D eigenvalue weighted by Gasteiger charge is -2.34. The van der Waals surface area contributed by atoms with Gasteiger partial charge in [-0.1, -0.05) is 17.7 Å². The van der Waals surface area contributed by atoms with E-state index in [2.05, 4.69) is 4.98 Å². The predicted octanol–water partition coefficient (Wildman–Crippen LogP) is 2.05. The van der Waals surface area contributed by atoms with Gasteiger partial charge in [0.15, 0.2) is 0 Å². The second-order valence-electron chi connectivity index (χ2n) is 5.33. The molecule has 114 valence electrons. The third kappa shape index (κ3) is 3.01. The van der Waals surface area contributed by atoms with E-state index < -0.39 is 0 Å². The fraction of sp³-hybridized carbons (Fsp3) is 0.312. The van der Waals surface area contributed by atoms with E-state index in [0.717, 1.165) is 5.56 Å². The maximum atomic E-state index is 12.5. The van der Waals surface area contributed by atoms with Gasteiger partial charge in [0.1, 0.15) is 5.69 Å². The van der Waals surface area contributed by atoms with E-state index in [4.69, 9.17) is 0 Å². The van der Waals surface area contributed by atoms with Gasteiger partial charge in [0.05, 0.1) is 5.51 Å². The Morgan fingerprint density at radius 1 is 1.09 bits per heavy atom. The Labute approximate surface area is 133 Å². The molecule has 3 rings (SSSR count). The van der Waals surface area contributed by atoms with Crippen molar-refractivity contribution in [2.45, 2.75) is 6.92 Å². The van der Waals surface area contributed by atoms with E-state index in [0.29, 0.717) is 37.4 Å². The first-order valence-electron chi connectivity index (χ1n) is 7.18. The second kappa shape index (κ2) is 6.27. The highest BCUT2D eigenvalue weighted by atomic mass is 32.1. The molecule has 0 spiro atoms.